The normalized spacial score (nSPS) is 8.45. The summed E-state index contributed by atoms with van der Waals surface area (Å²) in [6.07, 6.45) is 0. The molecule has 5 heteroatoms. The van der Waals surface area contributed by atoms with Gasteiger partial charge in [-0.2, -0.15) is 13.5 Å². The molecule has 0 amide bonds. The van der Waals surface area contributed by atoms with Crippen molar-refractivity contribution >= 4 is 30.8 Å². The molecule has 0 saturated heterocycles. The average molecular weight is 192 g/mol. The number of nitrogens with zero attached hydrogens (tertiary/aromatic N) is 1. The maximum Gasteiger partial charge on any atom is 0.269 e. The minimum Gasteiger partial charge on any atom is -0.258 e. The lowest BCUT2D eigenvalue weighted by molar-refractivity contribution is -0.384. The fourth-order valence-corrected chi connectivity index (χ4v) is 0.689. The number of nitro groups is 1. The molecule has 1 aromatic rings. The number of rotatable bonds is 1. The second kappa shape index (κ2) is 4.20. The first-order valence-corrected chi connectivity index (χ1v) is 2.98. The van der Waals surface area contributed by atoms with Gasteiger partial charge in [0, 0.05) is 17.2 Å². The first-order chi connectivity index (χ1) is 4.70. The van der Waals surface area contributed by atoms with Crippen molar-refractivity contribution in [3.05, 3.63) is 39.4 Å². The van der Waals surface area contributed by atoms with Crippen molar-refractivity contribution in [3.63, 3.8) is 0 Å². The highest BCUT2D eigenvalue weighted by Crippen LogP contribution is 2.14. The van der Waals surface area contributed by atoms with E-state index in [4.69, 9.17) is 11.6 Å². The van der Waals surface area contributed by atoms with Crippen molar-refractivity contribution < 1.29 is 4.92 Å². The molecule has 11 heavy (non-hydrogen) atoms. The van der Waals surface area contributed by atoms with Crippen molar-refractivity contribution in [2.75, 3.05) is 0 Å². The van der Waals surface area contributed by atoms with Crippen LogP contribution in [0.15, 0.2) is 24.3 Å². The number of benzene rings is 1. The summed E-state index contributed by atoms with van der Waals surface area (Å²) in [5.41, 5.74) is 0.0596. The Morgan fingerprint density at radius 2 is 1.73 bits per heavy atom. The molecule has 60 valence electrons. The Labute approximate surface area is 75.6 Å². The van der Waals surface area contributed by atoms with Crippen molar-refractivity contribution in [1.29, 1.82) is 0 Å². The SMILES string of the molecule is O=[N+]([O-])c1ccc(Cl)cc1.S. The molecule has 1 rings (SSSR count). The van der Waals surface area contributed by atoms with Crippen LogP contribution in [0.4, 0.5) is 5.69 Å². The Bertz CT molecular complexity index is 249. The lowest BCUT2D eigenvalue weighted by atomic mass is 10.3. The van der Waals surface area contributed by atoms with E-state index in [1.54, 1.807) is 0 Å². The molecule has 0 unspecified atom stereocenters. The molecule has 0 bridgehead atoms. The Balaban J connectivity index is 0.000001000. The van der Waals surface area contributed by atoms with Gasteiger partial charge in [0.2, 0.25) is 0 Å². The molecular formula is C6H6ClNO2S. The number of hydrogen-bond acceptors (Lipinski definition) is 2. The van der Waals surface area contributed by atoms with Gasteiger partial charge in [-0.05, 0) is 12.1 Å². The lowest BCUT2D eigenvalue weighted by Crippen LogP contribution is -1.85. The molecule has 0 atom stereocenters. The number of halogens is 1. The van der Waals surface area contributed by atoms with Crippen molar-refractivity contribution in [1.82, 2.24) is 0 Å². The molecule has 0 saturated carbocycles. The monoisotopic (exact) mass is 191 g/mol. The van der Waals surface area contributed by atoms with Crippen LogP contribution >= 0.6 is 25.1 Å². The van der Waals surface area contributed by atoms with Crippen LogP contribution in [0.2, 0.25) is 5.02 Å². The Morgan fingerprint density at radius 3 is 2.09 bits per heavy atom. The van der Waals surface area contributed by atoms with Gasteiger partial charge in [-0.15, -0.1) is 0 Å². The highest BCUT2D eigenvalue weighted by Gasteiger charge is 2.01. The predicted octanol–water partition coefficient (Wildman–Crippen LogP) is 2.36. The molecule has 0 fully saturated rings. The summed E-state index contributed by atoms with van der Waals surface area (Å²) < 4.78 is 0. The summed E-state index contributed by atoms with van der Waals surface area (Å²) in [7, 11) is 0. The van der Waals surface area contributed by atoms with Gasteiger partial charge >= 0.3 is 0 Å². The van der Waals surface area contributed by atoms with E-state index in [-0.39, 0.29) is 19.2 Å². The van der Waals surface area contributed by atoms with Crippen LogP contribution in [0.5, 0.6) is 0 Å². The fourth-order valence-electron chi connectivity index (χ4n) is 0.563. The summed E-state index contributed by atoms with van der Waals surface area (Å²) in [6, 6.07) is 5.70. The molecule has 0 aromatic heterocycles. The Hall–Kier alpha value is -0.740. The van der Waals surface area contributed by atoms with Gasteiger partial charge in [0.1, 0.15) is 0 Å². The highest BCUT2D eigenvalue weighted by atomic mass is 35.5. The van der Waals surface area contributed by atoms with Crippen LogP contribution in [0.1, 0.15) is 0 Å². The molecule has 0 radical (unpaired) electrons. The quantitative estimate of drug-likeness (QED) is 0.505. The highest BCUT2D eigenvalue weighted by molar-refractivity contribution is 7.59. The molecule has 0 aliphatic carbocycles. The van der Waals surface area contributed by atoms with Crippen LogP contribution in [0.25, 0.3) is 0 Å². The van der Waals surface area contributed by atoms with Crippen LogP contribution in [-0.4, -0.2) is 4.92 Å². The largest absolute Gasteiger partial charge is 0.269 e. The topological polar surface area (TPSA) is 43.1 Å². The summed E-state index contributed by atoms with van der Waals surface area (Å²) in [5, 5.41) is 10.6. The maximum absolute atomic E-state index is 10.1. The predicted molar refractivity (Wildman–Crippen MR) is 48.5 cm³/mol. The minimum atomic E-state index is -0.462. The smallest absolute Gasteiger partial charge is 0.258 e. The van der Waals surface area contributed by atoms with Crippen LogP contribution in [0.3, 0.4) is 0 Å². The van der Waals surface area contributed by atoms with Gasteiger partial charge < -0.3 is 0 Å². The first kappa shape index (κ1) is 10.3. The van der Waals surface area contributed by atoms with E-state index in [0.29, 0.717) is 5.02 Å². The molecule has 0 N–H and O–H groups in total. The third kappa shape index (κ3) is 2.78. The van der Waals surface area contributed by atoms with Gasteiger partial charge in [0.25, 0.3) is 5.69 Å². The third-order valence-corrected chi connectivity index (χ3v) is 1.29. The van der Waals surface area contributed by atoms with E-state index in [1.807, 2.05) is 0 Å². The van der Waals surface area contributed by atoms with Gasteiger partial charge in [0.15, 0.2) is 0 Å². The van der Waals surface area contributed by atoms with Gasteiger partial charge in [-0.25, -0.2) is 0 Å². The number of non-ortho nitro benzene ring substituents is 1. The summed E-state index contributed by atoms with van der Waals surface area (Å²) in [5.74, 6) is 0. The summed E-state index contributed by atoms with van der Waals surface area (Å²) >= 11 is 5.49. The number of nitro benzene ring substituents is 1. The average Bonchev–Trinajstić information content (AvgIpc) is 1.88. The van der Waals surface area contributed by atoms with Crippen LogP contribution < -0.4 is 0 Å². The van der Waals surface area contributed by atoms with Crippen LogP contribution in [0, 0.1) is 10.1 Å². The second-order valence-corrected chi connectivity index (χ2v) is 2.17. The van der Waals surface area contributed by atoms with Gasteiger partial charge in [-0.1, -0.05) is 11.6 Å². The zero-order valence-electron chi connectivity index (χ0n) is 5.45. The van der Waals surface area contributed by atoms with E-state index in [2.05, 4.69) is 0 Å². The fraction of sp³-hybridized carbons (Fsp3) is 0. The van der Waals surface area contributed by atoms with E-state index >= 15 is 0 Å². The Kier molecular flexibility index (Phi) is 3.92. The zero-order valence-corrected chi connectivity index (χ0v) is 7.21. The molecule has 0 aliphatic heterocycles. The van der Waals surface area contributed by atoms with Crippen molar-refractivity contribution in [2.24, 2.45) is 0 Å². The standard InChI is InChI=1S/C6H4ClNO2.H2S/c7-5-1-3-6(4-2-5)8(9)10;/h1-4H;1H2. The molecular weight excluding hydrogens is 186 g/mol. The van der Waals surface area contributed by atoms with Crippen molar-refractivity contribution in [2.45, 2.75) is 0 Å². The van der Waals surface area contributed by atoms with E-state index < -0.39 is 4.92 Å². The maximum atomic E-state index is 10.1. The van der Waals surface area contributed by atoms with E-state index in [0.717, 1.165) is 0 Å². The second-order valence-electron chi connectivity index (χ2n) is 1.73. The zero-order chi connectivity index (χ0) is 7.56. The third-order valence-electron chi connectivity index (χ3n) is 1.04. The molecule has 3 nitrogen and oxygen atoms in total. The molecule has 0 heterocycles. The summed E-state index contributed by atoms with van der Waals surface area (Å²) in [4.78, 5) is 9.61. The van der Waals surface area contributed by atoms with Gasteiger partial charge in [-0.3, -0.25) is 10.1 Å². The van der Waals surface area contributed by atoms with E-state index in [9.17, 15) is 10.1 Å². The molecule has 0 aliphatic rings. The summed E-state index contributed by atoms with van der Waals surface area (Å²) in [6.45, 7) is 0. The molecule has 0 spiro atoms. The molecule has 1 aromatic carbocycles. The van der Waals surface area contributed by atoms with Gasteiger partial charge in [0.05, 0.1) is 4.92 Å². The minimum absolute atomic E-state index is 0. The van der Waals surface area contributed by atoms with Crippen molar-refractivity contribution in [3.8, 4) is 0 Å². The van der Waals surface area contributed by atoms with Crippen LogP contribution in [-0.2, 0) is 0 Å². The Morgan fingerprint density at radius 1 is 1.27 bits per heavy atom. The first-order valence-electron chi connectivity index (χ1n) is 2.60. The lowest BCUT2D eigenvalue weighted by Gasteiger charge is -1.88. The van der Waals surface area contributed by atoms with E-state index in [1.165, 1.54) is 24.3 Å². The number of hydrogen-bond donors (Lipinski definition) is 0.